The molecule has 0 saturated carbocycles. The number of fused-ring (bicyclic) bond motifs is 16. The van der Waals surface area contributed by atoms with E-state index in [1.54, 1.807) is 29.5 Å². The van der Waals surface area contributed by atoms with Gasteiger partial charge in [0.2, 0.25) is 0 Å². The molecule has 0 N–H and O–H groups in total. The van der Waals surface area contributed by atoms with Crippen molar-refractivity contribution in [2.45, 2.75) is 0 Å². The molecule has 0 fully saturated rings. The van der Waals surface area contributed by atoms with Crippen LogP contribution in [0.2, 0.25) is 0 Å². The first kappa shape index (κ1) is 22.4. The van der Waals surface area contributed by atoms with Crippen LogP contribution in [-0.2, 0) is 0 Å². The number of hydrogen-bond acceptors (Lipinski definition) is 1. The normalized spacial score (nSPS) is 15.0. The minimum absolute atomic E-state index is 0.0547. The molecule has 57 heavy (non-hydrogen) atoms. The molecule has 262 valence electrons. The molecule has 0 unspecified atom stereocenters. The van der Waals surface area contributed by atoms with Crippen molar-refractivity contribution in [3.05, 3.63) is 182 Å². The maximum atomic E-state index is 9.11. The van der Waals surface area contributed by atoms with Gasteiger partial charge >= 0.3 is 0 Å². The standard InChI is InChI=1S/C54H30N2S/c1-3-13-31(14-4-1)34-19-11-20-35(32-15-5-2-6-16-32)50(34)33-25-26-40-46(27-33)56-48-29-41-39-22-12-21-38-36-17-7-9-23-45(36)55(52(38)39)47(41)30-42(48)43-28-44-37-18-8-10-24-49(37)57-54(44)51(40)53(43)56/h1-30H/i1D,2D,3D,4D,5D,6D,13D,14D,15D,16D. The van der Waals surface area contributed by atoms with E-state index in [2.05, 4.69) is 99.8 Å². The predicted molar refractivity (Wildman–Crippen MR) is 245 cm³/mol. The van der Waals surface area contributed by atoms with Gasteiger partial charge in [0.25, 0.3) is 0 Å². The Morgan fingerprint density at radius 2 is 0.982 bits per heavy atom. The summed E-state index contributed by atoms with van der Waals surface area (Å²) in [5.74, 6) is 0. The van der Waals surface area contributed by atoms with Crippen molar-refractivity contribution in [2.24, 2.45) is 0 Å². The van der Waals surface area contributed by atoms with Gasteiger partial charge in [0.1, 0.15) is 0 Å². The van der Waals surface area contributed by atoms with E-state index in [-0.39, 0.29) is 22.3 Å². The molecule has 0 amide bonds. The molecule has 5 aromatic heterocycles. The Morgan fingerprint density at radius 1 is 0.386 bits per heavy atom. The SMILES string of the molecule is [2H]c1c([2H])c([2H])c(-c2cccc(-c3c([2H])c([2H])c([2H])c([2H])c3[2H])c2-c2ccc3c4c5sc6ccccc6c5cc5c6cc7c(cc6n(c3c2)c54)c2cccc3c4ccccc4n7c32)c([2H])c1[2H]. The minimum atomic E-state index is -0.530. The van der Waals surface area contributed by atoms with Crippen LogP contribution in [0.4, 0.5) is 0 Å². The molecule has 0 saturated heterocycles. The summed E-state index contributed by atoms with van der Waals surface area (Å²) in [4.78, 5) is 0. The lowest BCUT2D eigenvalue weighted by Crippen LogP contribution is -1.91. The topological polar surface area (TPSA) is 8.82 Å². The maximum Gasteiger partial charge on any atom is 0.0635 e. The Hall–Kier alpha value is -7.20. The zero-order valence-electron chi connectivity index (χ0n) is 39.8. The van der Waals surface area contributed by atoms with Gasteiger partial charge in [-0.25, -0.2) is 0 Å². The fourth-order valence-electron chi connectivity index (χ4n) is 9.90. The zero-order valence-corrected chi connectivity index (χ0v) is 30.7. The Labute approximate surface area is 344 Å². The highest BCUT2D eigenvalue weighted by molar-refractivity contribution is 7.26. The van der Waals surface area contributed by atoms with Crippen molar-refractivity contribution in [1.29, 1.82) is 0 Å². The second kappa shape index (κ2) is 10.8. The predicted octanol–water partition coefficient (Wildman–Crippen LogP) is 15.4. The van der Waals surface area contributed by atoms with Gasteiger partial charge in [0, 0.05) is 63.3 Å². The average molecular weight is 749 g/mol. The van der Waals surface area contributed by atoms with Crippen molar-refractivity contribution >= 4 is 108 Å². The first-order valence-corrected chi connectivity index (χ1v) is 19.7. The summed E-state index contributed by atoms with van der Waals surface area (Å²) in [6.45, 7) is 0. The summed E-state index contributed by atoms with van der Waals surface area (Å²) in [5, 5.41) is 11.3. The summed E-state index contributed by atoms with van der Waals surface area (Å²) in [6, 6.07) is 36.8. The number of para-hydroxylation sites is 2. The molecular weight excluding hydrogens is 709 g/mol. The second-order valence-corrected chi connectivity index (χ2v) is 15.9. The number of hydrogen-bond donors (Lipinski definition) is 0. The first-order valence-electron chi connectivity index (χ1n) is 23.9. The van der Waals surface area contributed by atoms with Gasteiger partial charge in [-0.05, 0) is 69.8 Å². The summed E-state index contributed by atoms with van der Waals surface area (Å²) >= 11 is 1.76. The van der Waals surface area contributed by atoms with E-state index in [0.29, 0.717) is 11.1 Å². The molecule has 0 bridgehead atoms. The molecule has 0 atom stereocenters. The highest BCUT2D eigenvalue weighted by atomic mass is 32.1. The van der Waals surface area contributed by atoms with Gasteiger partial charge in [0.05, 0.1) is 46.8 Å². The van der Waals surface area contributed by atoms with E-state index in [1.165, 1.54) is 26.4 Å². The second-order valence-electron chi connectivity index (χ2n) is 14.9. The molecule has 2 nitrogen and oxygen atoms in total. The summed E-state index contributed by atoms with van der Waals surface area (Å²) in [7, 11) is 0. The van der Waals surface area contributed by atoms with E-state index < -0.39 is 60.4 Å². The summed E-state index contributed by atoms with van der Waals surface area (Å²) in [5.41, 5.74) is 7.74. The molecule has 0 aliphatic heterocycles. The smallest absolute Gasteiger partial charge is 0.0635 e. The number of nitrogens with zero attached hydrogens (tertiary/aromatic N) is 2. The third-order valence-corrected chi connectivity index (χ3v) is 13.3. The van der Waals surface area contributed by atoms with Crippen molar-refractivity contribution in [1.82, 2.24) is 8.80 Å². The largest absolute Gasteiger partial charge is 0.308 e. The van der Waals surface area contributed by atoms with E-state index in [9.17, 15) is 0 Å². The van der Waals surface area contributed by atoms with Crippen molar-refractivity contribution < 1.29 is 13.7 Å². The molecule has 9 aromatic carbocycles. The molecule has 5 heterocycles. The van der Waals surface area contributed by atoms with Crippen LogP contribution in [-0.4, -0.2) is 8.80 Å². The average Bonchev–Trinajstić information content (AvgIpc) is 4.14. The van der Waals surface area contributed by atoms with Crippen LogP contribution in [0.5, 0.6) is 0 Å². The van der Waals surface area contributed by atoms with E-state index in [4.69, 9.17) is 13.7 Å². The van der Waals surface area contributed by atoms with E-state index >= 15 is 0 Å². The molecule has 3 heteroatoms. The van der Waals surface area contributed by atoms with Gasteiger partial charge in [-0.15, -0.1) is 11.3 Å². The van der Waals surface area contributed by atoms with Gasteiger partial charge in [-0.2, -0.15) is 0 Å². The fraction of sp³-hybridized carbons (Fsp3) is 0. The van der Waals surface area contributed by atoms with Gasteiger partial charge < -0.3 is 8.80 Å². The van der Waals surface area contributed by atoms with Crippen LogP contribution in [0, 0.1) is 0 Å². The van der Waals surface area contributed by atoms with Gasteiger partial charge in [0.15, 0.2) is 0 Å². The molecule has 14 rings (SSSR count). The van der Waals surface area contributed by atoms with Crippen LogP contribution in [0.15, 0.2) is 182 Å². The molecule has 0 radical (unpaired) electrons. The lowest BCUT2D eigenvalue weighted by atomic mass is 9.87. The fourth-order valence-corrected chi connectivity index (χ4v) is 11.1. The monoisotopic (exact) mass is 748 g/mol. The zero-order chi connectivity index (χ0) is 45.6. The van der Waals surface area contributed by atoms with Gasteiger partial charge in [-0.3, -0.25) is 0 Å². The first-order chi connectivity index (χ1) is 32.4. The Balaban J connectivity index is 1.17. The molecule has 14 aromatic rings. The quantitative estimate of drug-likeness (QED) is 0.170. The van der Waals surface area contributed by atoms with Gasteiger partial charge in [-0.1, -0.05) is 145 Å². The molecule has 0 aliphatic carbocycles. The number of benzene rings is 9. The Morgan fingerprint density at radius 3 is 1.74 bits per heavy atom. The van der Waals surface area contributed by atoms with Crippen LogP contribution in [0.25, 0.3) is 130 Å². The Bertz CT molecular complexity index is 4440. The minimum Gasteiger partial charge on any atom is -0.308 e. The number of thiophene rings is 1. The lowest BCUT2D eigenvalue weighted by Gasteiger charge is -2.16. The third-order valence-electron chi connectivity index (χ3n) is 12.1. The van der Waals surface area contributed by atoms with Crippen molar-refractivity contribution in [3.8, 4) is 33.4 Å². The molecule has 0 spiro atoms. The van der Waals surface area contributed by atoms with Crippen LogP contribution >= 0.6 is 11.3 Å². The lowest BCUT2D eigenvalue weighted by molar-refractivity contribution is 1.36. The Kier molecular flexibility index (Phi) is 4.22. The molecular formula is C54H30N2S. The highest BCUT2D eigenvalue weighted by Gasteiger charge is 2.25. The summed E-state index contributed by atoms with van der Waals surface area (Å²) in [6.07, 6.45) is 0. The van der Waals surface area contributed by atoms with E-state index in [0.717, 1.165) is 70.0 Å². The van der Waals surface area contributed by atoms with E-state index in [1.807, 2.05) is 12.1 Å². The third kappa shape index (κ3) is 3.80. The highest BCUT2D eigenvalue weighted by Crippen LogP contribution is 2.50. The van der Waals surface area contributed by atoms with Crippen LogP contribution in [0.1, 0.15) is 13.7 Å². The summed E-state index contributed by atoms with van der Waals surface area (Å²) < 4.78 is 94.9. The van der Waals surface area contributed by atoms with Crippen LogP contribution < -0.4 is 0 Å². The maximum absolute atomic E-state index is 9.11. The number of rotatable bonds is 3. The van der Waals surface area contributed by atoms with Crippen LogP contribution in [0.3, 0.4) is 0 Å². The molecule has 0 aliphatic rings. The van der Waals surface area contributed by atoms with Crippen molar-refractivity contribution in [2.75, 3.05) is 0 Å². The number of aromatic nitrogens is 2. The van der Waals surface area contributed by atoms with Crippen molar-refractivity contribution in [3.63, 3.8) is 0 Å².